The van der Waals surface area contributed by atoms with E-state index in [1.165, 1.54) is 12.1 Å². The lowest BCUT2D eigenvalue weighted by Gasteiger charge is -2.08. The molecular formula is C14H7ClF4O. The monoisotopic (exact) mass is 302 g/mol. The zero-order chi connectivity index (χ0) is 14.9. The summed E-state index contributed by atoms with van der Waals surface area (Å²) in [5.74, 6) is -7.39. The lowest BCUT2D eigenvalue weighted by Crippen LogP contribution is -2.11. The highest BCUT2D eigenvalue weighted by atomic mass is 35.5. The van der Waals surface area contributed by atoms with Crippen molar-refractivity contribution in [2.45, 2.75) is 6.42 Å². The highest BCUT2D eigenvalue weighted by molar-refractivity contribution is 6.30. The van der Waals surface area contributed by atoms with Crippen LogP contribution in [0.2, 0.25) is 5.02 Å². The molecule has 6 heteroatoms. The molecule has 20 heavy (non-hydrogen) atoms. The molecule has 0 spiro atoms. The van der Waals surface area contributed by atoms with Gasteiger partial charge in [-0.15, -0.1) is 0 Å². The zero-order valence-corrected chi connectivity index (χ0v) is 10.6. The quantitative estimate of drug-likeness (QED) is 0.357. The number of Topliss-reactive ketones (excluding diaryl/α,β-unsaturated/α-hetero) is 1. The zero-order valence-electron chi connectivity index (χ0n) is 9.89. The predicted octanol–water partition coefficient (Wildman–Crippen LogP) is 4.32. The van der Waals surface area contributed by atoms with Gasteiger partial charge in [-0.3, -0.25) is 4.79 Å². The highest BCUT2D eigenvalue weighted by Crippen LogP contribution is 2.28. The van der Waals surface area contributed by atoms with E-state index in [-0.39, 0.29) is 5.56 Å². The van der Waals surface area contributed by atoms with Crippen LogP contribution in [0.4, 0.5) is 17.6 Å². The van der Waals surface area contributed by atoms with Crippen molar-refractivity contribution in [1.82, 2.24) is 0 Å². The molecule has 0 amide bonds. The Balaban J connectivity index is 2.43. The van der Waals surface area contributed by atoms with Crippen molar-refractivity contribution in [3.05, 3.63) is 69.8 Å². The van der Waals surface area contributed by atoms with Crippen molar-refractivity contribution < 1.29 is 22.4 Å². The van der Waals surface area contributed by atoms with Crippen LogP contribution in [-0.2, 0) is 6.42 Å². The number of carbonyl (C=O) groups is 1. The van der Waals surface area contributed by atoms with Gasteiger partial charge >= 0.3 is 0 Å². The van der Waals surface area contributed by atoms with Gasteiger partial charge in [0.1, 0.15) is 5.02 Å². The van der Waals surface area contributed by atoms with E-state index >= 15 is 0 Å². The van der Waals surface area contributed by atoms with Gasteiger partial charge in [0.05, 0.1) is 0 Å². The molecule has 104 valence electrons. The van der Waals surface area contributed by atoms with Crippen LogP contribution in [0.1, 0.15) is 15.9 Å². The van der Waals surface area contributed by atoms with Crippen LogP contribution in [0.25, 0.3) is 0 Å². The fraction of sp³-hybridized carbons (Fsp3) is 0.0714. The normalized spacial score (nSPS) is 10.7. The number of carbonyl (C=O) groups excluding carboxylic acids is 1. The Kier molecular flexibility index (Phi) is 4.09. The van der Waals surface area contributed by atoms with Crippen molar-refractivity contribution in [1.29, 1.82) is 0 Å². The summed E-state index contributed by atoms with van der Waals surface area (Å²) in [6.07, 6.45) is -0.799. The van der Waals surface area contributed by atoms with E-state index in [1.54, 1.807) is 18.2 Å². The summed E-state index contributed by atoms with van der Waals surface area (Å²) < 4.78 is 53.6. The maximum atomic E-state index is 13.6. The lowest BCUT2D eigenvalue weighted by atomic mass is 10.0. The van der Waals surface area contributed by atoms with Gasteiger partial charge in [0, 0.05) is 17.5 Å². The van der Waals surface area contributed by atoms with Crippen LogP contribution in [0.15, 0.2) is 30.3 Å². The van der Waals surface area contributed by atoms with E-state index in [9.17, 15) is 22.4 Å². The van der Waals surface area contributed by atoms with Crippen molar-refractivity contribution in [2.24, 2.45) is 0 Å². The van der Waals surface area contributed by atoms with Crippen LogP contribution in [0.3, 0.4) is 0 Å². The molecule has 0 saturated heterocycles. The fourth-order valence-electron chi connectivity index (χ4n) is 1.69. The molecule has 0 fully saturated rings. The molecule has 0 atom stereocenters. The molecule has 0 heterocycles. The molecule has 0 aliphatic heterocycles. The van der Waals surface area contributed by atoms with Crippen LogP contribution < -0.4 is 0 Å². The summed E-state index contributed by atoms with van der Waals surface area (Å²) in [4.78, 5) is 11.8. The first-order valence-corrected chi connectivity index (χ1v) is 5.89. The Labute approximate surface area is 116 Å². The maximum absolute atomic E-state index is 13.6. The van der Waals surface area contributed by atoms with Gasteiger partial charge in [0.25, 0.3) is 0 Å². The number of benzene rings is 2. The van der Waals surface area contributed by atoms with Crippen LogP contribution in [-0.4, -0.2) is 5.78 Å². The Bertz CT molecular complexity index is 642. The summed E-state index contributed by atoms with van der Waals surface area (Å²) in [6, 6.07) is 7.63. The first kappa shape index (κ1) is 14.5. The molecular weight excluding hydrogens is 296 g/mol. The second kappa shape index (κ2) is 5.63. The summed E-state index contributed by atoms with van der Waals surface area (Å²) in [6.45, 7) is 0. The summed E-state index contributed by atoms with van der Waals surface area (Å²) in [7, 11) is 0. The molecule has 2 aromatic carbocycles. The Morgan fingerprint density at radius 1 is 0.900 bits per heavy atom. The maximum Gasteiger partial charge on any atom is 0.180 e. The predicted molar refractivity (Wildman–Crippen MR) is 65.8 cm³/mol. The summed E-state index contributed by atoms with van der Waals surface area (Å²) in [5.41, 5.74) is -0.791. The highest BCUT2D eigenvalue weighted by Gasteiger charge is 2.25. The third-order valence-electron chi connectivity index (χ3n) is 2.73. The van der Waals surface area contributed by atoms with Crippen LogP contribution in [0.5, 0.6) is 0 Å². The van der Waals surface area contributed by atoms with Gasteiger partial charge in [-0.25, -0.2) is 17.6 Å². The molecule has 0 aliphatic rings. The largest absolute Gasteiger partial charge is 0.294 e. The average Bonchev–Trinajstić information content (AvgIpc) is 2.48. The van der Waals surface area contributed by atoms with E-state index in [0.29, 0.717) is 0 Å². The topological polar surface area (TPSA) is 17.1 Å². The number of ketones is 1. The second-order valence-electron chi connectivity index (χ2n) is 4.01. The number of hydrogen-bond donors (Lipinski definition) is 0. The van der Waals surface area contributed by atoms with Gasteiger partial charge in [-0.1, -0.05) is 41.9 Å². The molecule has 2 aromatic rings. The lowest BCUT2D eigenvalue weighted by molar-refractivity contribution is 0.0990. The third-order valence-corrected chi connectivity index (χ3v) is 3.07. The van der Waals surface area contributed by atoms with Gasteiger partial charge < -0.3 is 0 Å². The van der Waals surface area contributed by atoms with Gasteiger partial charge in [0.15, 0.2) is 29.1 Å². The number of hydrogen-bond acceptors (Lipinski definition) is 1. The molecule has 0 unspecified atom stereocenters. The minimum Gasteiger partial charge on any atom is -0.294 e. The van der Waals surface area contributed by atoms with Crippen molar-refractivity contribution in [3.63, 3.8) is 0 Å². The van der Waals surface area contributed by atoms with E-state index < -0.39 is 46.1 Å². The number of rotatable bonds is 3. The van der Waals surface area contributed by atoms with E-state index in [0.717, 1.165) is 0 Å². The Morgan fingerprint density at radius 3 is 1.90 bits per heavy atom. The third kappa shape index (κ3) is 2.54. The van der Waals surface area contributed by atoms with Crippen LogP contribution in [0, 0.1) is 23.3 Å². The minimum atomic E-state index is -1.71. The van der Waals surface area contributed by atoms with E-state index in [2.05, 4.69) is 0 Å². The molecule has 0 radical (unpaired) electrons. The minimum absolute atomic E-state index is 0.182. The first-order chi connectivity index (χ1) is 9.43. The molecule has 0 saturated carbocycles. The SMILES string of the molecule is O=C(Cc1c(F)c(F)c(Cl)c(F)c1F)c1ccccc1. The molecule has 0 bridgehead atoms. The second-order valence-corrected chi connectivity index (χ2v) is 4.39. The van der Waals surface area contributed by atoms with Crippen molar-refractivity contribution >= 4 is 17.4 Å². The van der Waals surface area contributed by atoms with E-state index in [4.69, 9.17) is 11.6 Å². The smallest absolute Gasteiger partial charge is 0.180 e. The first-order valence-electron chi connectivity index (χ1n) is 5.52. The fourth-order valence-corrected chi connectivity index (χ4v) is 1.86. The molecule has 0 N–H and O–H groups in total. The summed E-state index contributed by atoms with van der Waals surface area (Å²) in [5, 5.41) is -1.27. The summed E-state index contributed by atoms with van der Waals surface area (Å²) >= 11 is 5.10. The molecule has 0 aliphatic carbocycles. The average molecular weight is 303 g/mol. The Morgan fingerprint density at radius 2 is 1.40 bits per heavy atom. The molecule has 1 nitrogen and oxygen atoms in total. The number of halogens is 5. The van der Waals surface area contributed by atoms with Crippen molar-refractivity contribution in [3.8, 4) is 0 Å². The van der Waals surface area contributed by atoms with Crippen molar-refractivity contribution in [2.75, 3.05) is 0 Å². The molecule has 2 rings (SSSR count). The van der Waals surface area contributed by atoms with Gasteiger partial charge in [-0.05, 0) is 0 Å². The van der Waals surface area contributed by atoms with Crippen LogP contribution >= 0.6 is 11.6 Å². The Hall–Kier alpha value is -1.88. The van der Waals surface area contributed by atoms with Gasteiger partial charge in [0.2, 0.25) is 0 Å². The standard InChI is InChI=1S/C14H7ClF4O/c15-10-13(18)11(16)8(12(17)14(10)19)6-9(20)7-4-2-1-3-5-7/h1-5H,6H2. The van der Waals surface area contributed by atoms with Gasteiger partial charge in [-0.2, -0.15) is 0 Å². The van der Waals surface area contributed by atoms with E-state index in [1.807, 2.05) is 0 Å². The molecule has 0 aromatic heterocycles.